The molecular formula is C29H37N3O7S. The second-order valence-corrected chi connectivity index (χ2v) is 12.0. The Hall–Kier alpha value is -3.67. The number of nitrogens with one attached hydrogen (secondary N) is 2. The summed E-state index contributed by atoms with van der Waals surface area (Å²) in [6.07, 6.45) is -0.800. The molecule has 3 aromatic rings. The number of fused-ring (bicyclic) bond motifs is 1. The number of hydrogen-bond acceptors (Lipinski definition) is 8. The van der Waals surface area contributed by atoms with E-state index in [1.807, 2.05) is 67.5 Å². The quantitative estimate of drug-likeness (QED) is 0.248. The first-order chi connectivity index (χ1) is 18.9. The normalized spacial score (nSPS) is 12.5. The van der Waals surface area contributed by atoms with Gasteiger partial charge in [0.05, 0.1) is 18.1 Å². The van der Waals surface area contributed by atoms with Crippen molar-refractivity contribution < 1.29 is 32.2 Å². The predicted molar refractivity (Wildman–Crippen MR) is 154 cm³/mol. The Bertz CT molecular complexity index is 1400. The first kappa shape index (κ1) is 30.9. The minimum Gasteiger partial charge on any atom is -0.459 e. The Kier molecular flexibility index (Phi) is 10.5. The number of rotatable bonds is 12. The molecule has 0 bridgehead atoms. The first-order valence-electron chi connectivity index (χ1n) is 12.8. The van der Waals surface area contributed by atoms with E-state index in [0.29, 0.717) is 5.39 Å². The van der Waals surface area contributed by atoms with Crippen LogP contribution in [0.25, 0.3) is 10.8 Å². The van der Waals surface area contributed by atoms with E-state index in [0.717, 1.165) is 16.6 Å². The highest BCUT2D eigenvalue weighted by Gasteiger charge is 2.26. The number of anilines is 1. The second kappa shape index (κ2) is 13.6. The number of hydrogen-bond donors (Lipinski definition) is 2. The molecule has 3 aromatic carbocycles. The van der Waals surface area contributed by atoms with E-state index in [2.05, 4.69) is 10.0 Å². The van der Waals surface area contributed by atoms with Gasteiger partial charge in [0, 0.05) is 37.1 Å². The van der Waals surface area contributed by atoms with Crippen LogP contribution in [0, 0.1) is 0 Å². The minimum atomic E-state index is -3.85. The lowest BCUT2D eigenvalue weighted by Gasteiger charge is -2.23. The molecule has 0 saturated carbocycles. The summed E-state index contributed by atoms with van der Waals surface area (Å²) in [6.45, 7) is 4.79. The second-order valence-electron chi connectivity index (χ2n) is 10.3. The summed E-state index contributed by atoms with van der Waals surface area (Å²) in [5.41, 5.74) is 0.922. The largest absolute Gasteiger partial charge is 0.459 e. The highest BCUT2D eigenvalue weighted by molar-refractivity contribution is 7.89. The van der Waals surface area contributed by atoms with Crippen LogP contribution in [-0.4, -0.2) is 66.0 Å². The van der Waals surface area contributed by atoms with E-state index in [1.54, 1.807) is 39.0 Å². The van der Waals surface area contributed by atoms with Gasteiger partial charge in [-0.2, -0.15) is 0 Å². The van der Waals surface area contributed by atoms with Crippen LogP contribution in [0.5, 0.6) is 0 Å². The zero-order valence-corrected chi connectivity index (χ0v) is 24.3. The summed E-state index contributed by atoms with van der Waals surface area (Å²) in [5.74, 6) is -0.706. The van der Waals surface area contributed by atoms with Crippen LogP contribution in [0.4, 0.5) is 10.5 Å². The van der Waals surface area contributed by atoms with E-state index in [-0.39, 0.29) is 31.3 Å². The SMILES string of the molecule is CN(C)c1cccc2c(S(=O)(=O)NCCOC[C@H](NC(=O)OC(C)(C)C)C(=O)OCc3ccccc3)cccc12. The number of nitrogens with zero attached hydrogens (tertiary/aromatic N) is 1. The fraction of sp³-hybridized carbons (Fsp3) is 0.379. The van der Waals surface area contributed by atoms with Gasteiger partial charge in [0.2, 0.25) is 10.0 Å². The lowest BCUT2D eigenvalue weighted by molar-refractivity contribution is -0.149. The molecule has 3 rings (SSSR count). The third-order valence-corrected chi connectivity index (χ3v) is 7.17. The summed E-state index contributed by atoms with van der Waals surface area (Å²) in [4.78, 5) is 27.1. The van der Waals surface area contributed by atoms with Crippen molar-refractivity contribution in [3.63, 3.8) is 0 Å². The highest BCUT2D eigenvalue weighted by Crippen LogP contribution is 2.30. The standard InChI is InChI=1S/C29H37N3O7S/c1-29(2,3)39-28(34)31-24(27(33)38-19-21-11-7-6-8-12-21)20-37-18-17-30-40(35,36)26-16-10-13-22-23(26)14-9-15-25(22)32(4)5/h6-16,24,30H,17-20H2,1-5H3,(H,31,34)/t24-/m0/s1. The zero-order valence-electron chi connectivity index (χ0n) is 23.5. The van der Waals surface area contributed by atoms with Crippen molar-refractivity contribution >= 4 is 38.5 Å². The van der Waals surface area contributed by atoms with E-state index < -0.39 is 33.7 Å². The van der Waals surface area contributed by atoms with Crippen molar-refractivity contribution in [2.45, 2.75) is 43.9 Å². The van der Waals surface area contributed by atoms with Gasteiger partial charge in [-0.15, -0.1) is 0 Å². The topological polar surface area (TPSA) is 123 Å². The molecule has 0 aliphatic carbocycles. The molecule has 0 aliphatic rings. The van der Waals surface area contributed by atoms with Crippen LogP contribution in [-0.2, 0) is 35.6 Å². The molecule has 0 saturated heterocycles. The van der Waals surface area contributed by atoms with Crippen LogP contribution in [0.1, 0.15) is 26.3 Å². The summed E-state index contributed by atoms with van der Waals surface area (Å²) < 4.78 is 44.9. The number of sulfonamides is 1. The van der Waals surface area contributed by atoms with E-state index in [9.17, 15) is 18.0 Å². The van der Waals surface area contributed by atoms with Crippen molar-refractivity contribution in [2.75, 3.05) is 38.8 Å². The van der Waals surface area contributed by atoms with Gasteiger partial charge in [-0.3, -0.25) is 0 Å². The molecule has 0 aromatic heterocycles. The molecule has 0 heterocycles. The lowest BCUT2D eigenvalue weighted by atomic mass is 10.1. The van der Waals surface area contributed by atoms with E-state index >= 15 is 0 Å². The minimum absolute atomic E-state index is 0.0204. The maximum absolute atomic E-state index is 13.1. The van der Waals surface area contributed by atoms with Gasteiger partial charge in [-0.1, -0.05) is 54.6 Å². The monoisotopic (exact) mass is 571 g/mol. The van der Waals surface area contributed by atoms with Gasteiger partial charge in [-0.05, 0) is 38.5 Å². The van der Waals surface area contributed by atoms with Crippen LogP contribution in [0.15, 0.2) is 71.6 Å². The number of amides is 1. The van der Waals surface area contributed by atoms with Crippen molar-refractivity contribution in [1.29, 1.82) is 0 Å². The average Bonchev–Trinajstić information content (AvgIpc) is 2.89. The Labute approximate surface area is 235 Å². The first-order valence-corrected chi connectivity index (χ1v) is 14.3. The summed E-state index contributed by atoms with van der Waals surface area (Å²) in [7, 11) is -0.0613. The van der Waals surface area contributed by atoms with Gasteiger partial charge in [-0.25, -0.2) is 22.7 Å². The Morgan fingerprint density at radius 1 is 0.925 bits per heavy atom. The lowest BCUT2D eigenvalue weighted by Crippen LogP contribution is -2.47. The molecule has 40 heavy (non-hydrogen) atoms. The number of esters is 1. The average molecular weight is 572 g/mol. The molecule has 10 nitrogen and oxygen atoms in total. The fourth-order valence-corrected chi connectivity index (χ4v) is 5.10. The molecule has 0 spiro atoms. The summed E-state index contributed by atoms with van der Waals surface area (Å²) >= 11 is 0. The summed E-state index contributed by atoms with van der Waals surface area (Å²) in [5, 5.41) is 3.89. The maximum atomic E-state index is 13.1. The molecule has 0 unspecified atom stereocenters. The van der Waals surface area contributed by atoms with Crippen molar-refractivity contribution in [3.8, 4) is 0 Å². The third-order valence-electron chi connectivity index (χ3n) is 5.65. The van der Waals surface area contributed by atoms with Gasteiger partial charge in [0.25, 0.3) is 0 Å². The number of carbonyl (C=O) groups excluding carboxylic acids is 2. The van der Waals surface area contributed by atoms with Gasteiger partial charge in [0.1, 0.15) is 12.2 Å². The van der Waals surface area contributed by atoms with Gasteiger partial charge in [0.15, 0.2) is 6.04 Å². The van der Waals surface area contributed by atoms with Crippen LogP contribution in [0.2, 0.25) is 0 Å². The molecule has 0 radical (unpaired) electrons. The molecule has 11 heteroatoms. The molecule has 1 amide bonds. The Morgan fingerprint density at radius 3 is 2.27 bits per heavy atom. The highest BCUT2D eigenvalue weighted by atomic mass is 32.2. The van der Waals surface area contributed by atoms with Crippen LogP contribution < -0.4 is 14.9 Å². The molecule has 1 atom stereocenters. The maximum Gasteiger partial charge on any atom is 0.408 e. The Morgan fingerprint density at radius 2 is 1.60 bits per heavy atom. The third kappa shape index (κ3) is 8.94. The number of alkyl carbamates (subject to hydrolysis) is 1. The van der Waals surface area contributed by atoms with E-state index in [4.69, 9.17) is 14.2 Å². The van der Waals surface area contributed by atoms with Crippen molar-refractivity contribution in [1.82, 2.24) is 10.0 Å². The van der Waals surface area contributed by atoms with E-state index in [1.165, 1.54) is 0 Å². The van der Waals surface area contributed by atoms with Crippen molar-refractivity contribution in [3.05, 3.63) is 72.3 Å². The van der Waals surface area contributed by atoms with Crippen LogP contribution >= 0.6 is 0 Å². The zero-order chi connectivity index (χ0) is 29.3. The van der Waals surface area contributed by atoms with Crippen LogP contribution in [0.3, 0.4) is 0 Å². The number of benzene rings is 3. The molecular weight excluding hydrogens is 534 g/mol. The predicted octanol–water partition coefficient (Wildman–Crippen LogP) is 3.84. The number of ether oxygens (including phenoxy) is 3. The fourth-order valence-electron chi connectivity index (χ4n) is 3.86. The smallest absolute Gasteiger partial charge is 0.408 e. The molecule has 2 N–H and O–H groups in total. The summed E-state index contributed by atoms with van der Waals surface area (Å²) in [6, 6.07) is 18.6. The van der Waals surface area contributed by atoms with Gasteiger partial charge < -0.3 is 24.4 Å². The molecule has 216 valence electrons. The molecule has 0 aliphatic heterocycles. The number of carbonyl (C=O) groups is 2. The van der Waals surface area contributed by atoms with Gasteiger partial charge >= 0.3 is 12.1 Å². The van der Waals surface area contributed by atoms with Crippen molar-refractivity contribution in [2.24, 2.45) is 0 Å². The Balaban J connectivity index is 1.60. The molecule has 0 fully saturated rings.